The highest BCUT2D eigenvalue weighted by Crippen LogP contribution is 2.12. The van der Waals surface area contributed by atoms with Crippen molar-refractivity contribution in [3.05, 3.63) is 22.9 Å². The Labute approximate surface area is 53.6 Å². The van der Waals surface area contributed by atoms with E-state index in [1.807, 2.05) is 13.0 Å². The van der Waals surface area contributed by atoms with E-state index in [2.05, 4.69) is 0 Å². The molecule has 0 spiro atoms. The van der Waals surface area contributed by atoms with Gasteiger partial charge in [0.15, 0.2) is 5.22 Å². The number of rotatable bonds is 0. The van der Waals surface area contributed by atoms with E-state index in [9.17, 15) is 0 Å². The Morgan fingerprint density at radius 2 is 2.50 bits per heavy atom. The van der Waals surface area contributed by atoms with E-state index in [-0.39, 0.29) is 0 Å². The number of allylic oxidation sites excluding steroid dienone is 2. The van der Waals surface area contributed by atoms with E-state index in [0.29, 0.717) is 11.8 Å². The molecular formula is C6H7ClO. The standard InChI is InChI=1S/C6H7ClO/c1-5-2-3-8-6(7)4-5/h2,4H,3H2,1H3. The molecule has 0 N–H and O–H groups in total. The average molecular weight is 131 g/mol. The van der Waals surface area contributed by atoms with Crippen molar-refractivity contribution < 1.29 is 4.74 Å². The SMILES string of the molecule is CC1=CCOC(Cl)=C1. The first kappa shape index (κ1) is 5.70. The third kappa shape index (κ3) is 1.27. The molecule has 0 amide bonds. The normalized spacial score (nSPS) is 18.8. The third-order valence-corrected chi connectivity index (χ3v) is 1.19. The summed E-state index contributed by atoms with van der Waals surface area (Å²) in [5.41, 5.74) is 1.17. The molecule has 0 aromatic rings. The molecular weight excluding hydrogens is 124 g/mol. The highest BCUT2D eigenvalue weighted by atomic mass is 35.5. The highest BCUT2D eigenvalue weighted by Gasteiger charge is 1.96. The maximum absolute atomic E-state index is 5.51. The minimum atomic E-state index is 0.491. The van der Waals surface area contributed by atoms with E-state index >= 15 is 0 Å². The van der Waals surface area contributed by atoms with Crippen LogP contribution in [0.5, 0.6) is 0 Å². The monoisotopic (exact) mass is 130 g/mol. The lowest BCUT2D eigenvalue weighted by molar-refractivity contribution is 0.269. The molecule has 8 heavy (non-hydrogen) atoms. The van der Waals surface area contributed by atoms with Crippen LogP contribution in [0.3, 0.4) is 0 Å². The van der Waals surface area contributed by atoms with Crippen LogP contribution < -0.4 is 0 Å². The Balaban J connectivity index is 2.69. The largest absolute Gasteiger partial charge is 0.479 e. The van der Waals surface area contributed by atoms with Gasteiger partial charge in [0.25, 0.3) is 0 Å². The molecule has 0 saturated carbocycles. The molecule has 1 aliphatic heterocycles. The van der Waals surface area contributed by atoms with Gasteiger partial charge < -0.3 is 4.74 Å². The molecule has 0 aromatic heterocycles. The second kappa shape index (κ2) is 2.23. The van der Waals surface area contributed by atoms with Crippen LogP contribution in [0.2, 0.25) is 0 Å². The van der Waals surface area contributed by atoms with Gasteiger partial charge in [-0.3, -0.25) is 0 Å². The lowest BCUT2D eigenvalue weighted by atomic mass is 10.3. The Morgan fingerprint density at radius 1 is 1.75 bits per heavy atom. The molecule has 0 saturated heterocycles. The number of ether oxygens (including phenoxy) is 1. The number of hydrogen-bond donors (Lipinski definition) is 0. The fourth-order valence-corrected chi connectivity index (χ4v) is 0.767. The summed E-state index contributed by atoms with van der Waals surface area (Å²) in [5.74, 6) is 0. The Hall–Kier alpha value is -0.430. The van der Waals surface area contributed by atoms with Gasteiger partial charge in [-0.05, 0) is 36.2 Å². The summed E-state index contributed by atoms with van der Waals surface area (Å²) in [6.07, 6.45) is 3.77. The Bertz CT molecular complexity index is 147. The predicted molar refractivity (Wildman–Crippen MR) is 33.6 cm³/mol. The smallest absolute Gasteiger partial charge is 0.187 e. The van der Waals surface area contributed by atoms with Crippen molar-refractivity contribution in [3.8, 4) is 0 Å². The van der Waals surface area contributed by atoms with Crippen LogP contribution >= 0.6 is 11.6 Å². The zero-order valence-corrected chi connectivity index (χ0v) is 5.40. The first-order chi connectivity index (χ1) is 3.79. The lowest BCUT2D eigenvalue weighted by Crippen LogP contribution is -1.92. The van der Waals surface area contributed by atoms with Gasteiger partial charge in [0.2, 0.25) is 0 Å². The van der Waals surface area contributed by atoms with Gasteiger partial charge in [-0.25, -0.2) is 0 Å². The van der Waals surface area contributed by atoms with Gasteiger partial charge in [-0.2, -0.15) is 0 Å². The summed E-state index contributed by atoms with van der Waals surface area (Å²) in [6, 6.07) is 0. The first-order valence-electron chi connectivity index (χ1n) is 2.46. The number of halogens is 1. The van der Waals surface area contributed by atoms with E-state index in [1.165, 1.54) is 5.57 Å². The topological polar surface area (TPSA) is 9.23 Å². The van der Waals surface area contributed by atoms with Gasteiger partial charge in [0, 0.05) is 0 Å². The third-order valence-electron chi connectivity index (χ3n) is 0.968. The first-order valence-corrected chi connectivity index (χ1v) is 2.83. The molecule has 0 bridgehead atoms. The van der Waals surface area contributed by atoms with Crippen molar-refractivity contribution in [2.24, 2.45) is 0 Å². The van der Waals surface area contributed by atoms with Crippen molar-refractivity contribution in [2.75, 3.05) is 6.61 Å². The van der Waals surface area contributed by atoms with Crippen LogP contribution in [-0.2, 0) is 4.74 Å². The second-order valence-electron chi connectivity index (χ2n) is 1.71. The van der Waals surface area contributed by atoms with Gasteiger partial charge >= 0.3 is 0 Å². The summed E-state index contributed by atoms with van der Waals surface area (Å²) < 4.78 is 4.90. The molecule has 1 aliphatic rings. The predicted octanol–water partition coefficient (Wildman–Crippen LogP) is 2.04. The summed E-state index contributed by atoms with van der Waals surface area (Å²) in [5, 5.41) is 0.491. The minimum Gasteiger partial charge on any atom is -0.479 e. The molecule has 0 fully saturated rings. The van der Waals surface area contributed by atoms with Crippen molar-refractivity contribution in [3.63, 3.8) is 0 Å². The fraction of sp³-hybridized carbons (Fsp3) is 0.333. The quantitative estimate of drug-likeness (QED) is 0.488. The lowest BCUT2D eigenvalue weighted by Gasteiger charge is -2.05. The van der Waals surface area contributed by atoms with Crippen LogP contribution in [-0.4, -0.2) is 6.61 Å². The molecule has 1 nitrogen and oxygen atoms in total. The average Bonchev–Trinajstić information content (AvgIpc) is 1.64. The molecule has 1 rings (SSSR count). The van der Waals surface area contributed by atoms with Crippen LogP contribution in [0.1, 0.15) is 6.92 Å². The van der Waals surface area contributed by atoms with Crippen molar-refractivity contribution in [1.29, 1.82) is 0 Å². The summed E-state index contributed by atoms with van der Waals surface area (Å²) >= 11 is 5.51. The van der Waals surface area contributed by atoms with E-state index in [1.54, 1.807) is 6.08 Å². The molecule has 44 valence electrons. The molecule has 0 aliphatic carbocycles. The van der Waals surface area contributed by atoms with Crippen LogP contribution in [0.4, 0.5) is 0 Å². The molecule has 0 atom stereocenters. The highest BCUT2D eigenvalue weighted by molar-refractivity contribution is 6.28. The Kier molecular flexibility index (Phi) is 1.59. The van der Waals surface area contributed by atoms with Crippen LogP contribution in [0.25, 0.3) is 0 Å². The van der Waals surface area contributed by atoms with Crippen molar-refractivity contribution in [2.45, 2.75) is 6.92 Å². The minimum absolute atomic E-state index is 0.491. The van der Waals surface area contributed by atoms with Crippen LogP contribution in [0.15, 0.2) is 22.9 Å². The summed E-state index contributed by atoms with van der Waals surface area (Å²) in [7, 11) is 0. The molecule has 0 aromatic carbocycles. The maximum atomic E-state index is 5.51. The van der Waals surface area contributed by atoms with E-state index < -0.39 is 0 Å². The number of hydrogen-bond acceptors (Lipinski definition) is 1. The zero-order valence-electron chi connectivity index (χ0n) is 4.65. The summed E-state index contributed by atoms with van der Waals surface area (Å²) in [4.78, 5) is 0. The summed E-state index contributed by atoms with van der Waals surface area (Å²) in [6.45, 7) is 2.60. The van der Waals surface area contributed by atoms with Gasteiger partial charge in [-0.15, -0.1) is 0 Å². The van der Waals surface area contributed by atoms with Crippen LogP contribution in [0, 0.1) is 0 Å². The zero-order chi connectivity index (χ0) is 5.98. The van der Waals surface area contributed by atoms with Gasteiger partial charge in [-0.1, -0.05) is 0 Å². The van der Waals surface area contributed by atoms with Gasteiger partial charge in [0.05, 0.1) is 0 Å². The molecule has 0 unspecified atom stereocenters. The molecule has 0 radical (unpaired) electrons. The Morgan fingerprint density at radius 3 is 2.88 bits per heavy atom. The van der Waals surface area contributed by atoms with E-state index in [4.69, 9.17) is 16.3 Å². The van der Waals surface area contributed by atoms with Gasteiger partial charge in [0.1, 0.15) is 6.61 Å². The molecule has 2 heteroatoms. The van der Waals surface area contributed by atoms with Crippen molar-refractivity contribution >= 4 is 11.6 Å². The fourth-order valence-electron chi connectivity index (χ4n) is 0.532. The van der Waals surface area contributed by atoms with Crippen molar-refractivity contribution in [1.82, 2.24) is 0 Å². The second-order valence-corrected chi connectivity index (χ2v) is 2.08. The van der Waals surface area contributed by atoms with E-state index in [0.717, 1.165) is 0 Å². The maximum Gasteiger partial charge on any atom is 0.187 e. The molecule has 1 heterocycles.